The zero-order valence-electron chi connectivity index (χ0n) is 17.1. The van der Waals surface area contributed by atoms with Crippen LogP contribution in [0.4, 0.5) is 26.3 Å². The van der Waals surface area contributed by atoms with Crippen LogP contribution in [0.15, 0.2) is 48.5 Å². The smallest absolute Gasteiger partial charge is 0.309 e. The summed E-state index contributed by atoms with van der Waals surface area (Å²) in [5, 5.41) is 3.19. The number of hydrogen-bond donors (Lipinski definition) is 2. The normalized spacial score (nSPS) is 19.2. The topological polar surface area (TPSA) is 67.4 Å². The summed E-state index contributed by atoms with van der Waals surface area (Å²) in [6.07, 6.45) is -8.93. The number of nitrogens with one attached hydrogen (secondary N) is 2. The number of ketones is 1. The standard InChI is InChI=1S/C22H20F6N2O3/c23-21(24,25)15-9-13(10-16(11-15)22(26,27)28)12-33-30-20(32)19(31)17-7-4-8-29-18(17)14-5-2-1-3-6-14/h1-3,5-6,9-11,17-18,29H,4,7-8,12H2,(H,30,32). The van der Waals surface area contributed by atoms with Crippen LogP contribution in [0.5, 0.6) is 0 Å². The molecule has 1 aliphatic heterocycles. The van der Waals surface area contributed by atoms with Gasteiger partial charge in [-0.2, -0.15) is 26.3 Å². The van der Waals surface area contributed by atoms with Crippen LogP contribution in [0.2, 0.25) is 0 Å². The summed E-state index contributed by atoms with van der Waals surface area (Å²) < 4.78 is 77.7. The number of carbonyl (C=O) groups is 2. The zero-order valence-corrected chi connectivity index (χ0v) is 17.1. The van der Waals surface area contributed by atoms with Crippen molar-refractivity contribution in [3.05, 3.63) is 70.8 Å². The Labute approximate surface area is 185 Å². The van der Waals surface area contributed by atoms with Gasteiger partial charge in [-0.25, -0.2) is 5.48 Å². The molecule has 0 aliphatic carbocycles. The van der Waals surface area contributed by atoms with Crippen LogP contribution >= 0.6 is 0 Å². The maximum absolute atomic E-state index is 12.9. The number of amides is 1. The van der Waals surface area contributed by atoms with Gasteiger partial charge in [0.05, 0.1) is 17.7 Å². The Balaban J connectivity index is 1.66. The van der Waals surface area contributed by atoms with E-state index in [0.717, 1.165) is 5.56 Å². The van der Waals surface area contributed by atoms with Crippen LogP contribution < -0.4 is 10.8 Å². The second kappa shape index (κ2) is 9.92. The molecule has 0 aromatic heterocycles. The van der Waals surface area contributed by atoms with E-state index in [-0.39, 0.29) is 6.07 Å². The molecule has 2 atom stereocenters. The predicted molar refractivity (Wildman–Crippen MR) is 104 cm³/mol. The van der Waals surface area contributed by atoms with Crippen LogP contribution in [0.3, 0.4) is 0 Å². The van der Waals surface area contributed by atoms with Gasteiger partial charge >= 0.3 is 18.3 Å². The second-order valence-corrected chi connectivity index (χ2v) is 7.59. The lowest BCUT2D eigenvalue weighted by molar-refractivity contribution is -0.149. The number of hydrogen-bond acceptors (Lipinski definition) is 4. The fourth-order valence-electron chi connectivity index (χ4n) is 3.69. The Kier molecular flexibility index (Phi) is 7.43. The highest BCUT2D eigenvalue weighted by molar-refractivity contribution is 6.36. The van der Waals surface area contributed by atoms with Gasteiger partial charge in [-0.15, -0.1) is 0 Å². The van der Waals surface area contributed by atoms with Gasteiger partial charge in [0.2, 0.25) is 5.78 Å². The first-order chi connectivity index (χ1) is 15.5. The summed E-state index contributed by atoms with van der Waals surface area (Å²) in [4.78, 5) is 29.7. The number of hydroxylamine groups is 1. The lowest BCUT2D eigenvalue weighted by Gasteiger charge is -2.31. The molecule has 5 nitrogen and oxygen atoms in total. The molecule has 2 aromatic carbocycles. The second-order valence-electron chi connectivity index (χ2n) is 7.59. The number of halogens is 6. The molecule has 33 heavy (non-hydrogen) atoms. The summed E-state index contributed by atoms with van der Waals surface area (Å²) in [5.41, 5.74) is -0.821. The molecule has 2 N–H and O–H groups in total. The molecule has 178 valence electrons. The highest BCUT2D eigenvalue weighted by Crippen LogP contribution is 2.36. The molecule has 2 aromatic rings. The van der Waals surface area contributed by atoms with Gasteiger partial charge in [-0.1, -0.05) is 30.3 Å². The van der Waals surface area contributed by atoms with Crippen molar-refractivity contribution in [2.24, 2.45) is 5.92 Å². The van der Waals surface area contributed by atoms with Crippen molar-refractivity contribution in [2.45, 2.75) is 37.8 Å². The monoisotopic (exact) mass is 474 g/mol. The molecule has 0 bridgehead atoms. The Bertz CT molecular complexity index is 960. The van der Waals surface area contributed by atoms with E-state index in [1.54, 1.807) is 12.1 Å². The summed E-state index contributed by atoms with van der Waals surface area (Å²) in [5.74, 6) is -2.63. The van der Waals surface area contributed by atoms with E-state index in [1.807, 2.05) is 23.7 Å². The zero-order chi connectivity index (χ0) is 24.2. The van der Waals surface area contributed by atoms with E-state index in [0.29, 0.717) is 31.5 Å². The molecule has 0 spiro atoms. The fraction of sp³-hybridized carbons (Fsp3) is 0.364. The van der Waals surface area contributed by atoms with Crippen molar-refractivity contribution >= 4 is 11.7 Å². The van der Waals surface area contributed by atoms with Gasteiger partial charge < -0.3 is 5.32 Å². The van der Waals surface area contributed by atoms with Crippen molar-refractivity contribution in [1.29, 1.82) is 0 Å². The van der Waals surface area contributed by atoms with Gasteiger partial charge in [-0.3, -0.25) is 14.4 Å². The number of benzene rings is 2. The third kappa shape index (κ3) is 6.32. The lowest BCUT2D eigenvalue weighted by atomic mass is 9.83. The molecule has 1 saturated heterocycles. The maximum Gasteiger partial charge on any atom is 0.416 e. The van der Waals surface area contributed by atoms with Crippen LogP contribution in [-0.4, -0.2) is 18.2 Å². The predicted octanol–water partition coefficient (Wildman–Crippen LogP) is 4.58. The highest BCUT2D eigenvalue weighted by atomic mass is 19.4. The molecular formula is C22H20F6N2O3. The summed E-state index contributed by atoms with van der Waals surface area (Å²) in [6, 6.07) is 9.57. The first kappa shape index (κ1) is 24.7. The van der Waals surface area contributed by atoms with Crippen LogP contribution in [-0.2, 0) is 33.4 Å². The van der Waals surface area contributed by atoms with Crippen molar-refractivity contribution in [2.75, 3.05) is 6.54 Å². The number of carbonyl (C=O) groups excluding carboxylic acids is 2. The first-order valence-corrected chi connectivity index (χ1v) is 9.99. The quantitative estimate of drug-likeness (QED) is 0.366. The third-order valence-electron chi connectivity index (χ3n) is 5.23. The Morgan fingerprint density at radius 3 is 2.15 bits per heavy atom. The molecule has 1 fully saturated rings. The van der Waals surface area contributed by atoms with Gasteiger partial charge in [0, 0.05) is 12.0 Å². The van der Waals surface area contributed by atoms with Crippen LogP contribution in [0.25, 0.3) is 0 Å². The Morgan fingerprint density at radius 2 is 1.58 bits per heavy atom. The highest BCUT2D eigenvalue weighted by Gasteiger charge is 2.37. The summed E-state index contributed by atoms with van der Waals surface area (Å²) in [7, 11) is 0. The number of rotatable bonds is 6. The van der Waals surface area contributed by atoms with E-state index in [9.17, 15) is 35.9 Å². The van der Waals surface area contributed by atoms with Crippen LogP contribution in [0.1, 0.15) is 41.1 Å². The average molecular weight is 474 g/mol. The van der Waals surface area contributed by atoms with Crippen molar-refractivity contribution in [3.8, 4) is 0 Å². The summed E-state index contributed by atoms with van der Waals surface area (Å²) >= 11 is 0. The molecule has 1 heterocycles. The van der Waals surface area contributed by atoms with Gasteiger partial charge in [0.15, 0.2) is 0 Å². The van der Waals surface area contributed by atoms with Gasteiger partial charge in [0.1, 0.15) is 0 Å². The van der Waals surface area contributed by atoms with E-state index in [1.165, 1.54) is 0 Å². The van der Waals surface area contributed by atoms with E-state index < -0.39 is 59.3 Å². The minimum absolute atomic E-state index is 0.00853. The summed E-state index contributed by atoms with van der Waals surface area (Å²) in [6.45, 7) is -0.143. The number of Topliss-reactive ketones (excluding diaryl/α,β-unsaturated/α-hetero) is 1. The molecule has 1 amide bonds. The molecule has 1 aliphatic rings. The van der Waals surface area contributed by atoms with Crippen molar-refractivity contribution < 1.29 is 40.8 Å². The van der Waals surface area contributed by atoms with Gasteiger partial charge in [-0.05, 0) is 48.7 Å². The van der Waals surface area contributed by atoms with Crippen molar-refractivity contribution in [1.82, 2.24) is 10.8 Å². The molecule has 11 heteroatoms. The van der Waals surface area contributed by atoms with E-state index in [4.69, 9.17) is 4.84 Å². The lowest BCUT2D eigenvalue weighted by Crippen LogP contribution is -2.44. The minimum atomic E-state index is -5.00. The minimum Gasteiger partial charge on any atom is -0.309 e. The van der Waals surface area contributed by atoms with E-state index in [2.05, 4.69) is 5.32 Å². The largest absolute Gasteiger partial charge is 0.416 e. The molecule has 3 rings (SSSR count). The Morgan fingerprint density at radius 1 is 0.970 bits per heavy atom. The van der Waals surface area contributed by atoms with Gasteiger partial charge in [0.25, 0.3) is 0 Å². The molecule has 0 saturated carbocycles. The fourth-order valence-corrected chi connectivity index (χ4v) is 3.69. The maximum atomic E-state index is 12.9. The van der Waals surface area contributed by atoms with Crippen LogP contribution in [0, 0.1) is 5.92 Å². The SMILES string of the molecule is O=C(NOCc1cc(C(F)(F)F)cc(C(F)(F)F)c1)C(=O)C1CCCNC1c1ccccc1. The molecule has 0 radical (unpaired) electrons. The number of piperidine rings is 1. The number of alkyl halides is 6. The molecule has 2 unspecified atom stereocenters. The average Bonchev–Trinajstić information content (AvgIpc) is 2.77. The third-order valence-corrected chi connectivity index (χ3v) is 5.23. The first-order valence-electron chi connectivity index (χ1n) is 9.99. The van der Waals surface area contributed by atoms with Crippen molar-refractivity contribution in [3.63, 3.8) is 0 Å². The Hall–Kier alpha value is -2.92. The molecular weight excluding hydrogens is 454 g/mol. The van der Waals surface area contributed by atoms with E-state index >= 15 is 0 Å².